The van der Waals surface area contributed by atoms with Crippen molar-refractivity contribution < 1.29 is 14.6 Å². The Labute approximate surface area is 198 Å². The number of hydrogen-bond donors (Lipinski definition) is 2. The lowest BCUT2D eigenvalue weighted by atomic mass is 10.0. The second-order valence-corrected chi connectivity index (χ2v) is 9.71. The first-order valence-corrected chi connectivity index (χ1v) is 11.6. The Kier molecular flexibility index (Phi) is 5.51. The van der Waals surface area contributed by atoms with Crippen molar-refractivity contribution in [3.8, 4) is 11.6 Å². The van der Waals surface area contributed by atoms with Crippen LogP contribution >= 0.6 is 0 Å². The maximum atomic E-state index is 12.1. The number of hydrogen-bond acceptors (Lipinski definition) is 6. The molecule has 0 radical (unpaired) electrons. The number of aromatic hydroxyl groups is 1. The normalized spacial score (nSPS) is 15.1. The van der Waals surface area contributed by atoms with Gasteiger partial charge >= 0.3 is 6.09 Å². The van der Waals surface area contributed by atoms with E-state index in [2.05, 4.69) is 39.5 Å². The number of nitrogens with zero attached hydrogens (tertiary/aromatic N) is 4. The van der Waals surface area contributed by atoms with Gasteiger partial charge in [0.15, 0.2) is 0 Å². The van der Waals surface area contributed by atoms with Gasteiger partial charge in [0.1, 0.15) is 23.5 Å². The van der Waals surface area contributed by atoms with E-state index in [-0.39, 0.29) is 17.9 Å². The minimum absolute atomic E-state index is 0.0957. The van der Waals surface area contributed by atoms with E-state index in [1.165, 1.54) is 0 Å². The van der Waals surface area contributed by atoms with Gasteiger partial charge in [0.25, 0.3) is 0 Å². The number of anilines is 1. The van der Waals surface area contributed by atoms with E-state index in [1.807, 2.05) is 37.5 Å². The van der Waals surface area contributed by atoms with E-state index >= 15 is 0 Å². The monoisotopic (exact) mass is 459 g/mol. The summed E-state index contributed by atoms with van der Waals surface area (Å²) in [5, 5.41) is 13.8. The molecule has 1 aliphatic heterocycles. The Balaban J connectivity index is 1.38. The fraction of sp³-hybridized carbons (Fsp3) is 0.346. The van der Waals surface area contributed by atoms with Gasteiger partial charge in [0.05, 0.1) is 22.2 Å². The molecule has 0 saturated carbocycles. The average Bonchev–Trinajstić information content (AvgIpc) is 3.20. The van der Waals surface area contributed by atoms with Crippen LogP contribution in [0.3, 0.4) is 0 Å². The minimum atomic E-state index is -0.502. The molecule has 2 aromatic carbocycles. The van der Waals surface area contributed by atoms with Gasteiger partial charge in [-0.15, -0.1) is 0 Å². The van der Waals surface area contributed by atoms with Crippen LogP contribution in [-0.2, 0) is 4.74 Å². The van der Waals surface area contributed by atoms with Gasteiger partial charge in [-0.05, 0) is 63.9 Å². The molecule has 0 unspecified atom stereocenters. The lowest BCUT2D eigenvalue weighted by molar-refractivity contribution is 0.0497. The smallest absolute Gasteiger partial charge is 0.407 e. The first kappa shape index (κ1) is 22.0. The number of nitrogens with one attached hydrogen (secondary N) is 1. The summed E-state index contributed by atoms with van der Waals surface area (Å²) in [6, 6.07) is 15.5. The highest BCUT2D eigenvalue weighted by Gasteiger charge is 2.24. The Hall–Kier alpha value is -3.81. The number of para-hydroxylation sites is 1. The highest BCUT2D eigenvalue weighted by atomic mass is 16.6. The van der Waals surface area contributed by atoms with Crippen LogP contribution in [-0.4, -0.2) is 50.5 Å². The van der Waals surface area contributed by atoms with Gasteiger partial charge in [-0.25, -0.2) is 14.8 Å². The number of aromatic nitrogens is 3. The zero-order valence-electron chi connectivity index (χ0n) is 19.7. The number of phenols is 1. The maximum absolute atomic E-state index is 12.1. The van der Waals surface area contributed by atoms with Crippen molar-refractivity contribution in [2.45, 2.75) is 45.3 Å². The minimum Gasteiger partial charge on any atom is -0.508 e. The van der Waals surface area contributed by atoms with Gasteiger partial charge in [0.2, 0.25) is 0 Å². The fourth-order valence-electron chi connectivity index (χ4n) is 4.43. The third-order valence-corrected chi connectivity index (χ3v) is 6.02. The summed E-state index contributed by atoms with van der Waals surface area (Å²) in [6.45, 7) is 7.24. The Bertz CT molecular complexity index is 1350. The number of fused-ring (bicyclic) bond motifs is 2. The number of amides is 1. The van der Waals surface area contributed by atoms with Crippen molar-refractivity contribution in [3.63, 3.8) is 0 Å². The van der Waals surface area contributed by atoms with Gasteiger partial charge in [-0.1, -0.05) is 12.1 Å². The number of ether oxygens (including phenoxy) is 1. The van der Waals surface area contributed by atoms with Crippen LogP contribution in [0.2, 0.25) is 0 Å². The fourth-order valence-corrected chi connectivity index (χ4v) is 4.43. The number of benzene rings is 2. The van der Waals surface area contributed by atoms with Crippen molar-refractivity contribution in [2.24, 2.45) is 0 Å². The molecule has 0 bridgehead atoms. The first-order chi connectivity index (χ1) is 16.3. The van der Waals surface area contributed by atoms with Crippen LogP contribution in [0.5, 0.6) is 5.75 Å². The predicted octanol–water partition coefficient (Wildman–Crippen LogP) is 4.77. The molecule has 1 fully saturated rings. The second kappa shape index (κ2) is 8.52. The highest BCUT2D eigenvalue weighted by molar-refractivity contribution is 5.92. The van der Waals surface area contributed by atoms with Crippen molar-refractivity contribution in [2.75, 3.05) is 18.0 Å². The first-order valence-electron chi connectivity index (χ1n) is 11.6. The predicted molar refractivity (Wildman–Crippen MR) is 133 cm³/mol. The zero-order valence-corrected chi connectivity index (χ0v) is 19.7. The van der Waals surface area contributed by atoms with Gasteiger partial charge < -0.3 is 20.1 Å². The van der Waals surface area contributed by atoms with Gasteiger partial charge in [0, 0.05) is 30.6 Å². The van der Waals surface area contributed by atoms with E-state index in [0.29, 0.717) is 0 Å². The highest BCUT2D eigenvalue weighted by Crippen LogP contribution is 2.30. The van der Waals surface area contributed by atoms with Crippen LogP contribution in [0.25, 0.3) is 27.8 Å². The Morgan fingerprint density at radius 3 is 2.68 bits per heavy atom. The van der Waals surface area contributed by atoms with E-state index in [4.69, 9.17) is 9.72 Å². The molecule has 8 nitrogen and oxygen atoms in total. The molecule has 2 N–H and O–H groups in total. The molecule has 0 atom stereocenters. The SMILES string of the molecule is CC(C)(C)OC(=O)NC1CCN(c2cccc3ccc(-n4cnc5cc(O)ccc54)nc23)CC1. The van der Waals surface area contributed by atoms with Crippen LogP contribution in [0.15, 0.2) is 54.9 Å². The Morgan fingerprint density at radius 1 is 1.12 bits per heavy atom. The third-order valence-electron chi connectivity index (χ3n) is 6.02. The van der Waals surface area contributed by atoms with E-state index < -0.39 is 5.60 Å². The molecule has 1 aliphatic rings. The summed E-state index contributed by atoms with van der Waals surface area (Å²) in [5.41, 5.74) is 3.11. The molecule has 8 heteroatoms. The maximum Gasteiger partial charge on any atom is 0.407 e. The molecule has 34 heavy (non-hydrogen) atoms. The topological polar surface area (TPSA) is 92.5 Å². The quantitative estimate of drug-likeness (QED) is 0.458. The van der Waals surface area contributed by atoms with Crippen LogP contribution < -0.4 is 10.2 Å². The molecule has 2 aromatic heterocycles. The largest absolute Gasteiger partial charge is 0.508 e. The molecule has 1 saturated heterocycles. The number of carbonyl (C=O) groups excluding carboxylic acids is 1. The molecule has 4 aromatic rings. The lowest BCUT2D eigenvalue weighted by Gasteiger charge is -2.34. The third kappa shape index (κ3) is 4.48. The Morgan fingerprint density at radius 2 is 1.91 bits per heavy atom. The number of pyridine rings is 1. The van der Waals surface area contributed by atoms with Crippen LogP contribution in [0.1, 0.15) is 33.6 Å². The summed E-state index contributed by atoms with van der Waals surface area (Å²) in [7, 11) is 0. The molecule has 176 valence electrons. The summed E-state index contributed by atoms with van der Waals surface area (Å²) < 4.78 is 7.33. The van der Waals surface area contributed by atoms with E-state index in [1.54, 1.807) is 18.5 Å². The summed E-state index contributed by atoms with van der Waals surface area (Å²) >= 11 is 0. The molecular weight excluding hydrogens is 430 g/mol. The lowest BCUT2D eigenvalue weighted by Crippen LogP contribution is -2.46. The summed E-state index contributed by atoms with van der Waals surface area (Å²) in [4.78, 5) is 23.9. The molecular formula is C26H29N5O3. The zero-order chi connectivity index (χ0) is 23.9. The summed E-state index contributed by atoms with van der Waals surface area (Å²) in [5.74, 6) is 0.964. The standard InChI is InChI=1S/C26H29N5O3/c1-26(2,3)34-25(33)28-18-11-13-30(14-12-18)22-6-4-5-17-7-10-23(29-24(17)22)31-16-27-20-15-19(32)8-9-21(20)31/h4-10,15-16,18,32H,11-14H2,1-3H3,(H,28,33). The number of alkyl carbamates (subject to hydrolysis) is 1. The number of carbonyl (C=O) groups is 1. The number of imidazole rings is 1. The summed E-state index contributed by atoms with van der Waals surface area (Å²) in [6.07, 6.45) is 3.05. The molecule has 0 aliphatic carbocycles. The molecule has 1 amide bonds. The van der Waals surface area contributed by atoms with Crippen LogP contribution in [0, 0.1) is 0 Å². The van der Waals surface area contributed by atoms with Gasteiger partial charge in [-0.3, -0.25) is 4.57 Å². The van der Waals surface area contributed by atoms with Crippen molar-refractivity contribution in [1.82, 2.24) is 19.9 Å². The number of rotatable bonds is 3. The molecule has 5 rings (SSSR count). The van der Waals surface area contributed by atoms with Crippen molar-refractivity contribution in [1.29, 1.82) is 0 Å². The average molecular weight is 460 g/mol. The number of phenolic OH excluding ortho intramolecular Hbond substituents is 1. The second-order valence-electron chi connectivity index (χ2n) is 9.71. The van der Waals surface area contributed by atoms with E-state index in [9.17, 15) is 9.90 Å². The number of piperidine rings is 1. The van der Waals surface area contributed by atoms with Crippen molar-refractivity contribution in [3.05, 3.63) is 54.9 Å². The van der Waals surface area contributed by atoms with Crippen LogP contribution in [0.4, 0.5) is 10.5 Å². The molecule has 0 spiro atoms. The van der Waals surface area contributed by atoms with E-state index in [0.717, 1.165) is 59.4 Å². The van der Waals surface area contributed by atoms with Gasteiger partial charge in [-0.2, -0.15) is 0 Å². The molecule has 3 heterocycles. The van der Waals surface area contributed by atoms with Crippen molar-refractivity contribution >= 4 is 33.7 Å².